The predicted octanol–water partition coefficient (Wildman–Crippen LogP) is 3.64. The molecular formula is C20H16F3N5O4S. The summed E-state index contributed by atoms with van der Waals surface area (Å²) in [5.41, 5.74) is 1.03. The van der Waals surface area contributed by atoms with Crippen LogP contribution in [0, 0.1) is 0 Å². The molecule has 1 atom stereocenters. The number of hydrogen-bond donors (Lipinski definition) is 0. The number of alkyl halides is 3. The summed E-state index contributed by atoms with van der Waals surface area (Å²) < 4.78 is 65.9. The van der Waals surface area contributed by atoms with Crippen molar-refractivity contribution < 1.29 is 31.4 Å². The first-order chi connectivity index (χ1) is 15.6. The summed E-state index contributed by atoms with van der Waals surface area (Å²) in [6.07, 6.45) is -0.659. The van der Waals surface area contributed by atoms with E-state index in [1.165, 1.54) is 42.3 Å². The summed E-state index contributed by atoms with van der Waals surface area (Å²) in [6, 6.07) is 9.59. The number of pyridine rings is 1. The van der Waals surface area contributed by atoms with E-state index in [1.54, 1.807) is 24.3 Å². The lowest BCUT2D eigenvalue weighted by molar-refractivity contribution is -0.159. The number of methoxy groups -OCH3 is 1. The van der Waals surface area contributed by atoms with Gasteiger partial charge in [-0.15, -0.1) is 0 Å². The van der Waals surface area contributed by atoms with Gasteiger partial charge in [-0.2, -0.15) is 22.5 Å². The summed E-state index contributed by atoms with van der Waals surface area (Å²) in [7, 11) is -1.63. The summed E-state index contributed by atoms with van der Waals surface area (Å²) in [5, 5.41) is 3.35. The van der Waals surface area contributed by atoms with Crippen molar-refractivity contribution in [1.82, 2.24) is 19.5 Å². The number of carbonyl (C=O) groups is 1. The van der Waals surface area contributed by atoms with Gasteiger partial charge in [-0.1, -0.05) is 17.3 Å². The van der Waals surface area contributed by atoms with Crippen molar-refractivity contribution in [1.29, 1.82) is 0 Å². The van der Waals surface area contributed by atoms with E-state index in [0.29, 0.717) is 22.0 Å². The second-order valence-corrected chi connectivity index (χ2v) is 9.18. The first kappa shape index (κ1) is 22.5. The van der Waals surface area contributed by atoms with Crippen LogP contribution in [-0.4, -0.2) is 43.0 Å². The van der Waals surface area contributed by atoms with Crippen LogP contribution in [0.3, 0.4) is 0 Å². The third-order valence-electron chi connectivity index (χ3n) is 4.51. The minimum absolute atomic E-state index is 0.225. The van der Waals surface area contributed by atoms with Crippen molar-refractivity contribution in [2.45, 2.75) is 17.5 Å². The molecule has 4 rings (SSSR count). The number of imidazole rings is 1. The van der Waals surface area contributed by atoms with E-state index >= 15 is 0 Å². The molecule has 0 saturated carbocycles. The second kappa shape index (κ2) is 8.31. The first-order valence-electron chi connectivity index (χ1n) is 9.34. The van der Waals surface area contributed by atoms with Crippen LogP contribution in [0.1, 0.15) is 11.6 Å². The van der Waals surface area contributed by atoms with Gasteiger partial charge < -0.3 is 13.7 Å². The molecule has 3 aromatic heterocycles. The zero-order valence-corrected chi connectivity index (χ0v) is 18.1. The summed E-state index contributed by atoms with van der Waals surface area (Å²) in [6.45, 7) is 0. The number of ether oxygens (including phenoxy) is 1. The molecule has 9 nitrogen and oxygen atoms in total. The fourth-order valence-corrected chi connectivity index (χ4v) is 4.49. The molecule has 1 unspecified atom stereocenters. The highest BCUT2D eigenvalue weighted by molar-refractivity contribution is 7.93. The van der Waals surface area contributed by atoms with Crippen LogP contribution in [0.25, 0.3) is 17.0 Å². The van der Waals surface area contributed by atoms with Crippen molar-refractivity contribution in [2.24, 2.45) is 4.36 Å². The topological polar surface area (TPSA) is 112 Å². The van der Waals surface area contributed by atoms with Gasteiger partial charge in [0.1, 0.15) is 11.4 Å². The second-order valence-electron chi connectivity index (χ2n) is 6.95. The molecular weight excluding hydrogens is 463 g/mol. The zero-order valence-electron chi connectivity index (χ0n) is 17.2. The lowest BCUT2D eigenvalue weighted by atomic mass is 10.3. The molecule has 4 aromatic rings. The molecule has 33 heavy (non-hydrogen) atoms. The van der Waals surface area contributed by atoms with Crippen LogP contribution in [0.2, 0.25) is 0 Å². The van der Waals surface area contributed by atoms with Crippen molar-refractivity contribution >= 4 is 21.3 Å². The molecule has 0 radical (unpaired) electrons. The molecule has 3 heterocycles. The Morgan fingerprint density at radius 1 is 1.18 bits per heavy atom. The summed E-state index contributed by atoms with van der Waals surface area (Å²) in [5.74, 6) is -1.98. The zero-order chi connectivity index (χ0) is 23.8. The highest BCUT2D eigenvalue weighted by Gasteiger charge is 2.38. The number of para-hydroxylation sites is 1. The molecule has 1 amide bonds. The SMILES string of the molecule is COc1ccccc1S(C)(=O)=NC(=O)Cc1cn2cc(-c3noc(C(F)(F)F)n3)ccc2n1. The van der Waals surface area contributed by atoms with Crippen LogP contribution < -0.4 is 4.74 Å². The average molecular weight is 479 g/mol. The molecule has 0 aliphatic rings. The summed E-state index contributed by atoms with van der Waals surface area (Å²) >= 11 is 0. The van der Waals surface area contributed by atoms with Gasteiger partial charge in [-0.3, -0.25) is 4.79 Å². The van der Waals surface area contributed by atoms with Crippen LogP contribution in [-0.2, 0) is 27.1 Å². The fraction of sp³-hybridized carbons (Fsp3) is 0.200. The maximum absolute atomic E-state index is 13.0. The Balaban J connectivity index is 1.58. The summed E-state index contributed by atoms with van der Waals surface area (Å²) in [4.78, 5) is 20.4. The standard InChI is InChI=1S/C20H16F3N5O4S/c1-31-14-5-3-4-6-15(14)33(2,30)27-17(29)9-13-11-28-10-12(7-8-16(28)24-13)18-25-19(32-26-18)20(21,22)23/h3-8,10-11H,9H2,1-2H3. The molecule has 0 spiro atoms. The van der Waals surface area contributed by atoms with Gasteiger partial charge in [0.15, 0.2) is 0 Å². The minimum atomic E-state index is -4.75. The number of amides is 1. The van der Waals surface area contributed by atoms with Crippen LogP contribution in [0.4, 0.5) is 13.2 Å². The Morgan fingerprint density at radius 3 is 2.64 bits per heavy atom. The predicted molar refractivity (Wildman–Crippen MR) is 110 cm³/mol. The van der Waals surface area contributed by atoms with E-state index in [-0.39, 0.29) is 17.8 Å². The fourth-order valence-electron chi connectivity index (χ4n) is 3.08. The van der Waals surface area contributed by atoms with E-state index in [2.05, 4.69) is 24.0 Å². The molecule has 0 saturated heterocycles. The van der Waals surface area contributed by atoms with Crippen LogP contribution in [0.15, 0.2) is 62.6 Å². The van der Waals surface area contributed by atoms with Crippen molar-refractivity contribution in [3.05, 3.63) is 60.4 Å². The lowest BCUT2D eigenvalue weighted by Crippen LogP contribution is -2.07. The average Bonchev–Trinajstić information content (AvgIpc) is 3.39. The van der Waals surface area contributed by atoms with Crippen molar-refractivity contribution in [3.8, 4) is 17.1 Å². The number of carbonyl (C=O) groups excluding carboxylic acids is 1. The van der Waals surface area contributed by atoms with Gasteiger partial charge in [-0.05, 0) is 24.3 Å². The highest BCUT2D eigenvalue weighted by atomic mass is 32.2. The number of rotatable bonds is 5. The molecule has 13 heteroatoms. The maximum atomic E-state index is 13.0. The Bertz CT molecular complexity index is 1470. The Labute approximate surface area is 185 Å². The normalized spacial score (nSPS) is 13.6. The van der Waals surface area contributed by atoms with E-state index in [1.807, 2.05) is 0 Å². The van der Waals surface area contributed by atoms with Gasteiger partial charge in [0.25, 0.3) is 5.91 Å². The van der Waals surface area contributed by atoms with Crippen LogP contribution >= 0.6 is 0 Å². The molecule has 0 aliphatic carbocycles. The highest BCUT2D eigenvalue weighted by Crippen LogP contribution is 2.29. The Hall–Kier alpha value is -3.74. The van der Waals surface area contributed by atoms with E-state index in [9.17, 15) is 22.2 Å². The number of benzene rings is 1. The van der Waals surface area contributed by atoms with Gasteiger partial charge >= 0.3 is 12.1 Å². The van der Waals surface area contributed by atoms with Gasteiger partial charge in [0.05, 0.1) is 33.8 Å². The molecule has 1 aromatic carbocycles. The van der Waals surface area contributed by atoms with E-state index in [4.69, 9.17) is 4.74 Å². The number of nitrogens with zero attached hydrogens (tertiary/aromatic N) is 5. The van der Waals surface area contributed by atoms with Crippen LogP contribution in [0.5, 0.6) is 5.75 Å². The van der Waals surface area contributed by atoms with E-state index in [0.717, 1.165) is 0 Å². The third-order valence-corrected chi connectivity index (χ3v) is 6.22. The number of hydrogen-bond acceptors (Lipinski definition) is 7. The van der Waals surface area contributed by atoms with Crippen molar-refractivity contribution in [3.63, 3.8) is 0 Å². The first-order valence-corrected chi connectivity index (χ1v) is 11.3. The lowest BCUT2D eigenvalue weighted by Gasteiger charge is -2.09. The molecule has 172 valence electrons. The Morgan fingerprint density at radius 2 is 1.94 bits per heavy atom. The van der Waals surface area contributed by atoms with Gasteiger partial charge in [0, 0.05) is 24.2 Å². The number of halogens is 3. The maximum Gasteiger partial charge on any atom is 0.471 e. The minimum Gasteiger partial charge on any atom is -0.495 e. The molecule has 0 N–H and O–H groups in total. The quantitative estimate of drug-likeness (QED) is 0.430. The largest absolute Gasteiger partial charge is 0.495 e. The number of fused-ring (bicyclic) bond motifs is 1. The number of aromatic nitrogens is 4. The monoisotopic (exact) mass is 479 g/mol. The van der Waals surface area contributed by atoms with Gasteiger partial charge in [-0.25, -0.2) is 9.19 Å². The van der Waals surface area contributed by atoms with Gasteiger partial charge in [0.2, 0.25) is 5.82 Å². The molecule has 0 fully saturated rings. The molecule has 0 aliphatic heterocycles. The smallest absolute Gasteiger partial charge is 0.471 e. The Kier molecular flexibility index (Phi) is 5.66. The molecule has 0 bridgehead atoms. The third kappa shape index (κ3) is 4.72. The van der Waals surface area contributed by atoms with Crippen molar-refractivity contribution in [2.75, 3.05) is 13.4 Å². The van der Waals surface area contributed by atoms with E-state index < -0.39 is 27.7 Å².